The first-order chi connectivity index (χ1) is 16.9. The Hall–Kier alpha value is -2.22. The Morgan fingerprint density at radius 3 is 2.56 bits per heavy atom. The van der Waals surface area contributed by atoms with Gasteiger partial charge >= 0.3 is 5.97 Å². The normalized spacial score (nSPS) is 20.8. The van der Waals surface area contributed by atoms with Gasteiger partial charge in [-0.15, -0.1) is 23.1 Å². The summed E-state index contributed by atoms with van der Waals surface area (Å²) >= 11 is 2.93. The molecule has 5 nitrogen and oxygen atoms in total. The Labute approximate surface area is 221 Å². The van der Waals surface area contributed by atoms with Crippen molar-refractivity contribution < 1.29 is 19.4 Å². The lowest BCUT2D eigenvalue weighted by Gasteiger charge is -2.41. The number of Topliss-reactive ketones (excluding diaryl/α,β-unsaturated/α-hetero) is 1. The third-order valence-corrected chi connectivity index (χ3v) is 9.48. The molecule has 0 bridgehead atoms. The summed E-state index contributed by atoms with van der Waals surface area (Å²) in [6, 6.07) is 12.0. The second-order valence-electron chi connectivity index (χ2n) is 11.0. The number of benzene rings is 2. The molecule has 7 heteroatoms. The summed E-state index contributed by atoms with van der Waals surface area (Å²) in [6.07, 6.45) is 1.43. The van der Waals surface area contributed by atoms with Gasteiger partial charge in [-0.25, -0.2) is 4.98 Å². The maximum Gasteiger partial charge on any atom is 0.327 e. The number of fused-ring (bicyclic) bond motifs is 1. The quantitative estimate of drug-likeness (QED) is 0.284. The molecule has 2 unspecified atom stereocenters. The molecule has 1 aliphatic rings. The predicted octanol–water partition coefficient (Wildman–Crippen LogP) is 6.40. The van der Waals surface area contributed by atoms with Crippen molar-refractivity contribution in [2.75, 3.05) is 0 Å². The number of para-hydroxylation sites is 1. The minimum Gasteiger partial charge on any atom is -0.457 e. The van der Waals surface area contributed by atoms with E-state index in [9.17, 15) is 14.7 Å². The molecular weight excluding hydrogens is 490 g/mol. The molecule has 0 radical (unpaired) electrons. The van der Waals surface area contributed by atoms with Crippen LogP contribution in [0.25, 0.3) is 10.2 Å². The first kappa shape index (κ1) is 26.8. The zero-order chi connectivity index (χ0) is 26.3. The summed E-state index contributed by atoms with van der Waals surface area (Å²) < 4.78 is 7.28. The number of cyclic esters (lactones) is 1. The molecule has 4 rings (SSSR count). The number of ketones is 1. The Balaban J connectivity index is 1.55. The van der Waals surface area contributed by atoms with Gasteiger partial charge in [0, 0.05) is 17.7 Å². The molecule has 36 heavy (non-hydrogen) atoms. The molecule has 3 aromatic rings. The molecule has 1 aromatic heterocycles. The van der Waals surface area contributed by atoms with Gasteiger partial charge in [-0.2, -0.15) is 0 Å². The van der Waals surface area contributed by atoms with E-state index in [4.69, 9.17) is 9.72 Å². The zero-order valence-electron chi connectivity index (χ0n) is 21.9. The number of carbonyl (C=O) groups is 2. The van der Waals surface area contributed by atoms with Crippen molar-refractivity contribution in [1.29, 1.82) is 0 Å². The topological polar surface area (TPSA) is 76.5 Å². The van der Waals surface area contributed by atoms with Crippen LogP contribution >= 0.6 is 23.1 Å². The van der Waals surface area contributed by atoms with Crippen molar-refractivity contribution in [3.05, 3.63) is 58.1 Å². The zero-order valence-corrected chi connectivity index (χ0v) is 23.5. The number of carbonyl (C=O) groups excluding carboxylic acids is 2. The summed E-state index contributed by atoms with van der Waals surface area (Å²) in [5.41, 5.74) is 2.75. The smallest absolute Gasteiger partial charge is 0.327 e. The highest BCUT2D eigenvalue weighted by molar-refractivity contribution is 8.01. The number of aliphatic hydroxyl groups is 1. The van der Waals surface area contributed by atoms with E-state index in [2.05, 4.69) is 26.8 Å². The number of aromatic nitrogens is 1. The highest BCUT2D eigenvalue weighted by atomic mass is 32.2. The Bertz CT molecular complexity index is 1240. The largest absolute Gasteiger partial charge is 0.457 e. The monoisotopic (exact) mass is 525 g/mol. The Morgan fingerprint density at radius 1 is 1.22 bits per heavy atom. The second-order valence-corrected chi connectivity index (χ2v) is 13.3. The summed E-state index contributed by atoms with van der Waals surface area (Å²) in [5.74, 6) is -0.544. The molecule has 0 amide bonds. The maximum atomic E-state index is 13.5. The van der Waals surface area contributed by atoms with Crippen molar-refractivity contribution in [3.63, 3.8) is 0 Å². The van der Waals surface area contributed by atoms with Crippen molar-refractivity contribution in [2.24, 2.45) is 5.92 Å². The summed E-state index contributed by atoms with van der Waals surface area (Å²) in [7, 11) is 0. The van der Waals surface area contributed by atoms with E-state index < -0.39 is 16.8 Å². The Morgan fingerprint density at radius 2 is 1.94 bits per heavy atom. The molecule has 0 aliphatic carbocycles. The number of hydrogen-bond donors (Lipinski definition) is 1. The number of nitrogens with zero attached hydrogens (tertiary/aromatic N) is 1. The highest BCUT2D eigenvalue weighted by Gasteiger charge is 2.49. The first-order valence-corrected chi connectivity index (χ1v) is 14.1. The third kappa shape index (κ3) is 5.38. The number of rotatable bonds is 7. The van der Waals surface area contributed by atoms with Gasteiger partial charge in [-0.3, -0.25) is 9.59 Å². The minimum absolute atomic E-state index is 0.00180. The lowest BCUT2D eigenvalue weighted by Crippen LogP contribution is -2.52. The maximum absolute atomic E-state index is 13.5. The van der Waals surface area contributed by atoms with Crippen LogP contribution in [0.15, 0.2) is 41.3 Å². The lowest BCUT2D eigenvalue weighted by atomic mass is 9.79. The van der Waals surface area contributed by atoms with Crippen LogP contribution in [0.1, 0.15) is 69.2 Å². The fourth-order valence-electron chi connectivity index (χ4n) is 4.73. The van der Waals surface area contributed by atoms with Gasteiger partial charge < -0.3 is 9.84 Å². The molecule has 192 valence electrons. The van der Waals surface area contributed by atoms with Crippen LogP contribution in [0.3, 0.4) is 0 Å². The van der Waals surface area contributed by atoms with Gasteiger partial charge in [0.25, 0.3) is 0 Å². The third-order valence-electron chi connectivity index (χ3n) is 7.10. The van der Waals surface area contributed by atoms with Crippen molar-refractivity contribution in [1.82, 2.24) is 4.98 Å². The van der Waals surface area contributed by atoms with E-state index in [0.717, 1.165) is 36.8 Å². The van der Waals surface area contributed by atoms with Crippen LogP contribution in [-0.2, 0) is 32.8 Å². The molecule has 1 saturated heterocycles. The van der Waals surface area contributed by atoms with Gasteiger partial charge in [-0.1, -0.05) is 52.8 Å². The van der Waals surface area contributed by atoms with E-state index in [1.165, 1.54) is 11.8 Å². The fourth-order valence-corrected chi connectivity index (χ4v) is 7.04. The summed E-state index contributed by atoms with van der Waals surface area (Å²) in [4.78, 5) is 32.4. The van der Waals surface area contributed by atoms with Crippen LogP contribution in [-0.4, -0.2) is 32.7 Å². The van der Waals surface area contributed by atoms with Crippen LogP contribution in [0.2, 0.25) is 0 Å². The van der Waals surface area contributed by atoms with Gasteiger partial charge in [0.2, 0.25) is 0 Å². The molecule has 1 fully saturated rings. The Kier molecular flexibility index (Phi) is 7.65. The van der Waals surface area contributed by atoms with E-state index in [0.29, 0.717) is 12.8 Å². The standard InChI is InChI=1S/C29H35NO4S2/c1-17(2)29(12-11-25-30-21-9-7-8-10-23(21)35-25)15-22(32)26(27(33)34-29)36-24-13-18(3)19(16-31)14-20(24)28(4,5)6/h7-10,13-14,17,26,31H,11-12,15-16H2,1-6H3. The van der Waals surface area contributed by atoms with E-state index in [-0.39, 0.29) is 30.1 Å². The van der Waals surface area contributed by atoms with Crippen LogP contribution in [0.4, 0.5) is 0 Å². The van der Waals surface area contributed by atoms with Gasteiger partial charge in [0.1, 0.15) is 5.60 Å². The summed E-state index contributed by atoms with van der Waals surface area (Å²) in [6.45, 7) is 12.2. The second kappa shape index (κ2) is 10.3. The molecule has 2 atom stereocenters. The number of aryl methyl sites for hydroxylation is 2. The molecule has 2 aromatic carbocycles. The van der Waals surface area contributed by atoms with Crippen molar-refractivity contribution in [3.8, 4) is 0 Å². The van der Waals surface area contributed by atoms with E-state index in [1.54, 1.807) is 11.3 Å². The number of ether oxygens (including phenoxy) is 1. The SMILES string of the molecule is Cc1cc(SC2C(=O)CC(CCc3nc4ccccc4s3)(C(C)C)OC2=O)c(C(C)(C)C)cc1CO. The molecule has 0 saturated carbocycles. The molecular formula is C29H35NO4S2. The average Bonchev–Trinajstić information content (AvgIpc) is 3.22. The van der Waals surface area contributed by atoms with Gasteiger partial charge in [0.15, 0.2) is 11.0 Å². The molecule has 1 N–H and O–H groups in total. The van der Waals surface area contributed by atoms with Crippen LogP contribution < -0.4 is 0 Å². The van der Waals surface area contributed by atoms with Crippen LogP contribution in [0.5, 0.6) is 0 Å². The number of aliphatic hydroxyl groups excluding tert-OH is 1. The first-order valence-electron chi connectivity index (χ1n) is 12.4. The molecule has 2 heterocycles. The van der Waals surface area contributed by atoms with E-state index in [1.807, 2.05) is 51.1 Å². The van der Waals surface area contributed by atoms with Crippen molar-refractivity contribution >= 4 is 45.1 Å². The number of thiazole rings is 1. The van der Waals surface area contributed by atoms with Crippen molar-refractivity contribution in [2.45, 2.75) is 88.6 Å². The number of esters is 1. The summed E-state index contributed by atoms with van der Waals surface area (Å²) in [5, 5.41) is 9.85. The fraction of sp³-hybridized carbons (Fsp3) is 0.483. The van der Waals surface area contributed by atoms with Crippen LogP contribution in [0, 0.1) is 12.8 Å². The van der Waals surface area contributed by atoms with E-state index >= 15 is 0 Å². The lowest BCUT2D eigenvalue weighted by molar-refractivity contribution is -0.176. The molecule has 1 aliphatic heterocycles. The minimum atomic E-state index is -0.889. The molecule has 0 spiro atoms. The number of hydrogen-bond acceptors (Lipinski definition) is 7. The predicted molar refractivity (Wildman–Crippen MR) is 147 cm³/mol. The number of thioether (sulfide) groups is 1. The van der Waals surface area contributed by atoms with Gasteiger partial charge in [-0.05, 0) is 59.6 Å². The average molecular weight is 526 g/mol. The highest BCUT2D eigenvalue weighted by Crippen LogP contribution is 2.43. The van der Waals surface area contributed by atoms with Gasteiger partial charge in [0.05, 0.1) is 21.8 Å².